The zero-order valence-corrected chi connectivity index (χ0v) is 14.5. The third kappa shape index (κ3) is 4.08. The van der Waals surface area contributed by atoms with E-state index >= 15 is 0 Å². The number of phenolic OH excluding ortho intramolecular Hbond substituents is 2. The number of unbranched alkanes of at least 4 members (excludes halogenated alkanes) is 2. The molecule has 0 unspecified atom stereocenters. The Labute approximate surface area is 139 Å². The van der Waals surface area contributed by atoms with Gasteiger partial charge in [0.15, 0.2) is 0 Å². The normalized spacial score (nSPS) is 21.0. The molecule has 3 nitrogen and oxygen atoms in total. The van der Waals surface area contributed by atoms with Crippen LogP contribution in [0.15, 0.2) is 23.8 Å². The maximum Gasteiger partial charge on any atom is 0.123 e. The molecule has 0 aliphatic heterocycles. The summed E-state index contributed by atoms with van der Waals surface area (Å²) < 4.78 is 0. The van der Waals surface area contributed by atoms with Crippen LogP contribution < -0.4 is 0 Å². The number of benzene rings is 1. The van der Waals surface area contributed by atoms with Gasteiger partial charge in [0.25, 0.3) is 0 Å². The molecule has 0 heterocycles. The van der Waals surface area contributed by atoms with Gasteiger partial charge in [-0.25, -0.2) is 0 Å². The molecule has 0 amide bonds. The van der Waals surface area contributed by atoms with Crippen molar-refractivity contribution < 1.29 is 15.3 Å². The van der Waals surface area contributed by atoms with Gasteiger partial charge in [-0.1, -0.05) is 39.7 Å². The monoisotopic (exact) mass is 318 g/mol. The first-order valence-electron chi connectivity index (χ1n) is 8.83. The number of hydrogen-bond donors (Lipinski definition) is 3. The van der Waals surface area contributed by atoms with Gasteiger partial charge in [0.1, 0.15) is 11.5 Å². The van der Waals surface area contributed by atoms with E-state index < -0.39 is 0 Å². The standard InChI is InChI=1S/C20H30O3/c1-4-5-6-7-14-10-18(22)20(19(23)11-14)17-9-15(12-21)8-16(17)13(2)3/h9-11,13,16-17,21-23H,4-8,12H2,1-3H3/t16-,17+/m0/s1. The maximum absolute atomic E-state index is 10.5. The number of hydrogen-bond acceptors (Lipinski definition) is 3. The van der Waals surface area contributed by atoms with Crippen molar-refractivity contribution in [1.82, 2.24) is 0 Å². The van der Waals surface area contributed by atoms with Crippen LogP contribution >= 0.6 is 0 Å². The van der Waals surface area contributed by atoms with Gasteiger partial charge >= 0.3 is 0 Å². The van der Waals surface area contributed by atoms with E-state index in [0.717, 1.165) is 43.2 Å². The number of aliphatic hydroxyl groups is 1. The van der Waals surface area contributed by atoms with E-state index in [0.29, 0.717) is 17.4 Å². The van der Waals surface area contributed by atoms with Gasteiger partial charge in [0, 0.05) is 11.5 Å². The largest absolute Gasteiger partial charge is 0.507 e. The summed E-state index contributed by atoms with van der Waals surface area (Å²) in [5.41, 5.74) is 2.61. The number of phenols is 2. The predicted molar refractivity (Wildman–Crippen MR) is 93.9 cm³/mol. The van der Waals surface area contributed by atoms with Crippen LogP contribution in [0.3, 0.4) is 0 Å². The Morgan fingerprint density at radius 2 is 1.78 bits per heavy atom. The van der Waals surface area contributed by atoms with Crippen LogP contribution in [0.1, 0.15) is 63.5 Å². The summed E-state index contributed by atoms with van der Waals surface area (Å²) in [6, 6.07) is 3.60. The van der Waals surface area contributed by atoms with Crippen molar-refractivity contribution in [3.05, 3.63) is 34.9 Å². The molecule has 3 N–H and O–H groups in total. The summed E-state index contributed by atoms with van der Waals surface area (Å²) in [5.74, 6) is 1.07. The first-order valence-corrected chi connectivity index (χ1v) is 8.83. The number of rotatable bonds is 7. The number of aromatic hydroxyl groups is 2. The summed E-state index contributed by atoms with van der Waals surface area (Å²) in [4.78, 5) is 0. The first-order chi connectivity index (χ1) is 11.0. The molecule has 0 radical (unpaired) electrons. The minimum atomic E-state index is -0.0261. The van der Waals surface area contributed by atoms with Crippen molar-refractivity contribution in [1.29, 1.82) is 0 Å². The Bertz CT molecular complexity index is 537. The minimum Gasteiger partial charge on any atom is -0.507 e. The van der Waals surface area contributed by atoms with Crippen LogP contribution in [0.25, 0.3) is 0 Å². The Hall–Kier alpha value is -1.48. The van der Waals surface area contributed by atoms with E-state index in [4.69, 9.17) is 0 Å². The van der Waals surface area contributed by atoms with Crippen molar-refractivity contribution in [3.63, 3.8) is 0 Å². The summed E-state index contributed by atoms with van der Waals surface area (Å²) in [7, 11) is 0. The van der Waals surface area contributed by atoms with Gasteiger partial charge in [-0.05, 0) is 54.4 Å². The van der Waals surface area contributed by atoms with E-state index in [9.17, 15) is 15.3 Å². The quantitative estimate of drug-likeness (QED) is 0.512. The molecule has 0 saturated heterocycles. The molecule has 1 aliphatic rings. The van der Waals surface area contributed by atoms with Gasteiger partial charge < -0.3 is 15.3 Å². The molecule has 0 spiro atoms. The smallest absolute Gasteiger partial charge is 0.123 e. The molecule has 3 heteroatoms. The zero-order chi connectivity index (χ0) is 17.0. The molecule has 128 valence electrons. The Kier molecular flexibility index (Phi) is 6.11. The fourth-order valence-electron chi connectivity index (χ4n) is 3.68. The molecule has 0 fully saturated rings. The molecule has 0 bridgehead atoms. The van der Waals surface area contributed by atoms with Gasteiger partial charge in [-0.15, -0.1) is 0 Å². The van der Waals surface area contributed by atoms with E-state index in [1.165, 1.54) is 0 Å². The number of aryl methyl sites for hydroxylation is 1. The maximum atomic E-state index is 10.5. The summed E-state index contributed by atoms with van der Waals surface area (Å²) >= 11 is 0. The van der Waals surface area contributed by atoms with Crippen LogP contribution in [-0.4, -0.2) is 21.9 Å². The fourth-order valence-corrected chi connectivity index (χ4v) is 3.68. The fraction of sp³-hybridized carbons (Fsp3) is 0.600. The molecule has 0 saturated carbocycles. The molecule has 1 aromatic carbocycles. The molecular weight excluding hydrogens is 288 g/mol. The van der Waals surface area contributed by atoms with Gasteiger partial charge in [-0.2, -0.15) is 0 Å². The van der Waals surface area contributed by atoms with Crippen LogP contribution in [0.5, 0.6) is 11.5 Å². The second-order valence-electron chi connectivity index (χ2n) is 7.13. The lowest BCUT2D eigenvalue weighted by Crippen LogP contribution is -2.14. The SMILES string of the molecule is CCCCCc1cc(O)c([C@@H]2C=C(CO)C[C@H]2C(C)C)c(O)c1. The highest BCUT2D eigenvalue weighted by atomic mass is 16.3. The van der Waals surface area contributed by atoms with E-state index in [1.807, 2.05) is 6.08 Å². The average Bonchev–Trinajstić information content (AvgIpc) is 2.91. The lowest BCUT2D eigenvalue weighted by atomic mass is 9.80. The topological polar surface area (TPSA) is 60.7 Å². The number of allylic oxidation sites excluding steroid dienone is 1. The summed E-state index contributed by atoms with van der Waals surface area (Å²) in [6.07, 6.45) is 7.12. The highest BCUT2D eigenvalue weighted by molar-refractivity contribution is 5.51. The van der Waals surface area contributed by atoms with E-state index in [-0.39, 0.29) is 24.0 Å². The second kappa shape index (κ2) is 7.87. The Morgan fingerprint density at radius 3 is 2.30 bits per heavy atom. The Morgan fingerprint density at radius 1 is 1.13 bits per heavy atom. The highest BCUT2D eigenvalue weighted by Gasteiger charge is 2.34. The van der Waals surface area contributed by atoms with Crippen molar-refractivity contribution in [2.24, 2.45) is 11.8 Å². The highest BCUT2D eigenvalue weighted by Crippen LogP contribution is 2.48. The molecule has 1 aliphatic carbocycles. The third-order valence-electron chi connectivity index (χ3n) is 5.03. The van der Waals surface area contributed by atoms with E-state index in [2.05, 4.69) is 20.8 Å². The third-order valence-corrected chi connectivity index (χ3v) is 5.03. The molecule has 23 heavy (non-hydrogen) atoms. The lowest BCUT2D eigenvalue weighted by Gasteiger charge is -2.25. The van der Waals surface area contributed by atoms with Crippen molar-refractivity contribution >= 4 is 0 Å². The molecule has 2 rings (SSSR count). The second-order valence-corrected chi connectivity index (χ2v) is 7.13. The summed E-state index contributed by atoms with van der Waals surface area (Å²) in [5, 5.41) is 30.4. The van der Waals surface area contributed by atoms with Crippen molar-refractivity contribution in [2.45, 2.75) is 58.8 Å². The van der Waals surface area contributed by atoms with Gasteiger partial charge in [0.2, 0.25) is 0 Å². The van der Waals surface area contributed by atoms with Crippen LogP contribution in [-0.2, 0) is 6.42 Å². The molecule has 0 aromatic heterocycles. The zero-order valence-electron chi connectivity index (χ0n) is 14.5. The lowest BCUT2D eigenvalue weighted by molar-refractivity contribution is 0.311. The Balaban J connectivity index is 2.29. The van der Waals surface area contributed by atoms with Crippen LogP contribution in [0.2, 0.25) is 0 Å². The first kappa shape index (κ1) is 17.9. The minimum absolute atomic E-state index is 0.0261. The predicted octanol–water partition coefficient (Wildman–Crippen LogP) is 4.51. The molecule has 1 aromatic rings. The van der Waals surface area contributed by atoms with Crippen LogP contribution in [0, 0.1) is 11.8 Å². The van der Waals surface area contributed by atoms with Crippen molar-refractivity contribution in [3.8, 4) is 11.5 Å². The van der Waals surface area contributed by atoms with Gasteiger partial charge in [0.05, 0.1) is 6.61 Å². The molecular formula is C20H30O3. The molecule has 2 atom stereocenters. The number of aliphatic hydroxyl groups excluding tert-OH is 1. The van der Waals surface area contributed by atoms with Crippen molar-refractivity contribution in [2.75, 3.05) is 6.61 Å². The average molecular weight is 318 g/mol. The van der Waals surface area contributed by atoms with E-state index in [1.54, 1.807) is 12.1 Å². The van der Waals surface area contributed by atoms with Gasteiger partial charge in [-0.3, -0.25) is 0 Å². The van der Waals surface area contributed by atoms with Crippen LogP contribution in [0.4, 0.5) is 0 Å². The summed E-state index contributed by atoms with van der Waals surface area (Å²) in [6.45, 7) is 6.52.